The van der Waals surface area contributed by atoms with E-state index in [4.69, 9.17) is 0 Å². The molecule has 1 nitrogen and oxygen atoms in total. The van der Waals surface area contributed by atoms with Gasteiger partial charge >= 0.3 is 0 Å². The third kappa shape index (κ3) is 6.44. The predicted molar refractivity (Wildman–Crippen MR) is 285 cm³/mol. The molecule has 12 aromatic rings. The number of nitrogens with zero attached hydrogens (tertiary/aromatic N) is 1. The molecule has 0 spiro atoms. The van der Waals surface area contributed by atoms with Crippen LogP contribution >= 0.6 is 11.3 Å². The van der Waals surface area contributed by atoms with E-state index in [1.807, 2.05) is 11.3 Å². The second kappa shape index (κ2) is 16.0. The Labute approximate surface area is 395 Å². The first-order chi connectivity index (χ1) is 33.2. The summed E-state index contributed by atoms with van der Waals surface area (Å²) in [6.45, 7) is 0. The Morgan fingerprint density at radius 2 is 0.851 bits per heavy atom. The topological polar surface area (TPSA) is 3.24 Å². The maximum absolute atomic E-state index is 2.45. The van der Waals surface area contributed by atoms with Gasteiger partial charge in [-0.05, 0) is 132 Å². The lowest BCUT2D eigenvalue weighted by atomic mass is 9.67. The molecule has 1 aliphatic rings. The first-order valence-corrected chi connectivity index (χ1v) is 23.9. The van der Waals surface area contributed by atoms with Crippen LogP contribution in [0, 0.1) is 0 Å². The van der Waals surface area contributed by atoms with Gasteiger partial charge in [-0.25, -0.2) is 0 Å². The zero-order valence-electron chi connectivity index (χ0n) is 36.7. The molecule has 0 aliphatic heterocycles. The summed E-state index contributed by atoms with van der Waals surface area (Å²) in [5, 5.41) is 5.11. The molecule has 0 unspecified atom stereocenters. The molecule has 1 heterocycles. The highest BCUT2D eigenvalue weighted by molar-refractivity contribution is 7.26. The number of fused-ring (bicyclic) bond motifs is 7. The smallest absolute Gasteiger partial charge is 0.0713 e. The average molecular weight is 870 g/mol. The van der Waals surface area contributed by atoms with Crippen LogP contribution in [0.2, 0.25) is 0 Å². The van der Waals surface area contributed by atoms with Crippen molar-refractivity contribution in [1.82, 2.24) is 0 Å². The lowest BCUT2D eigenvalue weighted by Gasteiger charge is -2.34. The van der Waals surface area contributed by atoms with Gasteiger partial charge < -0.3 is 4.90 Å². The van der Waals surface area contributed by atoms with E-state index in [2.05, 4.69) is 266 Å². The van der Waals surface area contributed by atoms with Crippen LogP contribution in [-0.4, -0.2) is 0 Å². The predicted octanol–water partition coefficient (Wildman–Crippen LogP) is 18.0. The molecule has 0 radical (unpaired) electrons. The lowest BCUT2D eigenvalue weighted by molar-refractivity contribution is 0.769. The van der Waals surface area contributed by atoms with E-state index in [1.165, 1.54) is 97.7 Å². The molecule has 0 saturated carbocycles. The minimum atomic E-state index is -0.452. The van der Waals surface area contributed by atoms with Gasteiger partial charge in [0.05, 0.1) is 5.41 Å². The molecule has 0 bridgehead atoms. The second-order valence-corrected chi connectivity index (χ2v) is 18.7. The summed E-state index contributed by atoms with van der Waals surface area (Å²) in [6, 6.07) is 96.2. The SMILES string of the molecule is c1ccc(C2(c3ccccc3)c3ccccc3-c3ccc(-c4ccc(N(c5ccc(-c6cccc7c6sc6ccccc67)cc5)c5cccc(-c6ccc7ccccc7c6)c5)cc4)cc32)cc1. The minimum absolute atomic E-state index is 0.452. The van der Waals surface area contributed by atoms with Crippen LogP contribution in [0.4, 0.5) is 17.1 Å². The number of hydrogen-bond donors (Lipinski definition) is 0. The molecular formula is C65H43NS. The Hall–Kier alpha value is -8.30. The first-order valence-electron chi connectivity index (χ1n) is 23.1. The van der Waals surface area contributed by atoms with Crippen molar-refractivity contribution in [2.45, 2.75) is 5.41 Å². The van der Waals surface area contributed by atoms with Crippen molar-refractivity contribution in [3.05, 3.63) is 283 Å². The van der Waals surface area contributed by atoms with Gasteiger partial charge in [0.2, 0.25) is 0 Å². The minimum Gasteiger partial charge on any atom is -0.310 e. The van der Waals surface area contributed by atoms with Crippen molar-refractivity contribution in [3.8, 4) is 44.5 Å². The van der Waals surface area contributed by atoms with Gasteiger partial charge in [0.25, 0.3) is 0 Å². The van der Waals surface area contributed by atoms with E-state index in [9.17, 15) is 0 Å². The van der Waals surface area contributed by atoms with E-state index in [0.717, 1.165) is 17.1 Å². The van der Waals surface area contributed by atoms with Gasteiger partial charge in [-0.1, -0.05) is 206 Å². The number of benzene rings is 11. The normalized spacial score (nSPS) is 12.6. The second-order valence-electron chi connectivity index (χ2n) is 17.6. The van der Waals surface area contributed by atoms with Gasteiger partial charge in [-0.15, -0.1) is 11.3 Å². The third-order valence-corrected chi connectivity index (χ3v) is 15.2. The van der Waals surface area contributed by atoms with E-state index >= 15 is 0 Å². The molecule has 11 aromatic carbocycles. The van der Waals surface area contributed by atoms with E-state index < -0.39 is 5.41 Å². The molecule has 0 fully saturated rings. The number of hydrogen-bond acceptors (Lipinski definition) is 2. The van der Waals surface area contributed by atoms with Crippen LogP contribution in [0.3, 0.4) is 0 Å². The molecule has 13 rings (SSSR count). The quantitative estimate of drug-likeness (QED) is 0.147. The highest BCUT2D eigenvalue weighted by Gasteiger charge is 2.46. The highest BCUT2D eigenvalue weighted by atomic mass is 32.1. The molecule has 1 aromatic heterocycles. The highest BCUT2D eigenvalue weighted by Crippen LogP contribution is 2.57. The molecule has 1 aliphatic carbocycles. The number of thiophene rings is 1. The van der Waals surface area contributed by atoms with Crippen LogP contribution in [0.25, 0.3) is 75.5 Å². The molecule has 0 N–H and O–H groups in total. The first kappa shape index (κ1) is 39.1. The van der Waals surface area contributed by atoms with Crippen LogP contribution in [0.15, 0.2) is 261 Å². The van der Waals surface area contributed by atoms with Crippen molar-refractivity contribution in [1.29, 1.82) is 0 Å². The summed E-state index contributed by atoms with van der Waals surface area (Å²) in [4.78, 5) is 2.40. The maximum Gasteiger partial charge on any atom is 0.0713 e. The number of rotatable bonds is 8. The summed E-state index contributed by atoms with van der Waals surface area (Å²) in [5.74, 6) is 0. The van der Waals surface area contributed by atoms with Crippen LogP contribution in [0.5, 0.6) is 0 Å². The van der Waals surface area contributed by atoms with Gasteiger partial charge in [0.1, 0.15) is 0 Å². The molecule has 314 valence electrons. The van der Waals surface area contributed by atoms with Crippen LogP contribution < -0.4 is 4.90 Å². The third-order valence-electron chi connectivity index (χ3n) is 13.9. The van der Waals surface area contributed by atoms with Crippen molar-refractivity contribution in [2.75, 3.05) is 4.90 Å². The fraction of sp³-hybridized carbons (Fsp3) is 0.0154. The van der Waals surface area contributed by atoms with Crippen molar-refractivity contribution >= 4 is 59.3 Å². The molecular weight excluding hydrogens is 827 g/mol. The fourth-order valence-corrected chi connectivity index (χ4v) is 12.1. The molecule has 2 heteroatoms. The average Bonchev–Trinajstić information content (AvgIpc) is 3.93. The zero-order valence-corrected chi connectivity index (χ0v) is 37.5. The van der Waals surface area contributed by atoms with Crippen LogP contribution in [-0.2, 0) is 5.41 Å². The van der Waals surface area contributed by atoms with Gasteiger partial charge in [-0.2, -0.15) is 0 Å². The Bertz CT molecular complexity index is 3750. The van der Waals surface area contributed by atoms with Crippen LogP contribution in [0.1, 0.15) is 22.3 Å². The van der Waals surface area contributed by atoms with E-state index in [0.29, 0.717) is 0 Å². The zero-order chi connectivity index (χ0) is 44.3. The van der Waals surface area contributed by atoms with Crippen molar-refractivity contribution in [2.24, 2.45) is 0 Å². The maximum atomic E-state index is 2.45. The molecule has 0 amide bonds. The van der Waals surface area contributed by atoms with Gasteiger partial charge in [-0.3, -0.25) is 0 Å². The van der Waals surface area contributed by atoms with Gasteiger partial charge in [0.15, 0.2) is 0 Å². The van der Waals surface area contributed by atoms with E-state index in [-0.39, 0.29) is 0 Å². The van der Waals surface area contributed by atoms with Crippen molar-refractivity contribution < 1.29 is 0 Å². The van der Waals surface area contributed by atoms with Crippen molar-refractivity contribution in [3.63, 3.8) is 0 Å². The standard InChI is InChI=1S/C65H43NS/c1-3-18-51(19-4-1)65(52-20-5-2-6-21-52)61-27-11-9-23-57(61)58-40-35-50(43-62(58)65)45-31-36-53(37-32-45)66(55-22-13-17-48(42-55)49-30-29-44-15-7-8-16-47(44)41-49)54-38-33-46(34-39-54)56-25-14-26-60-59-24-10-12-28-63(59)67-64(56)60/h1-43H. The number of anilines is 3. The Kier molecular flexibility index (Phi) is 9.33. The summed E-state index contributed by atoms with van der Waals surface area (Å²) >= 11 is 1.88. The molecule has 0 atom stereocenters. The summed E-state index contributed by atoms with van der Waals surface area (Å²) in [6.07, 6.45) is 0. The molecule has 0 saturated heterocycles. The van der Waals surface area contributed by atoms with Gasteiger partial charge in [0, 0.05) is 37.2 Å². The summed E-state index contributed by atoms with van der Waals surface area (Å²) in [7, 11) is 0. The Morgan fingerprint density at radius 3 is 1.63 bits per heavy atom. The fourth-order valence-electron chi connectivity index (χ4n) is 10.8. The largest absolute Gasteiger partial charge is 0.310 e. The monoisotopic (exact) mass is 869 g/mol. The Balaban J connectivity index is 0.924. The van der Waals surface area contributed by atoms with E-state index in [1.54, 1.807) is 0 Å². The Morgan fingerprint density at radius 1 is 0.299 bits per heavy atom. The lowest BCUT2D eigenvalue weighted by Crippen LogP contribution is -2.28. The molecule has 67 heavy (non-hydrogen) atoms. The summed E-state index contributed by atoms with van der Waals surface area (Å²) < 4.78 is 2.64. The summed E-state index contributed by atoms with van der Waals surface area (Å²) in [5.41, 5.74) is 17.8.